The molecule has 2 saturated heterocycles. The quantitative estimate of drug-likeness (QED) is 0.289. The molecule has 3 heterocycles. The molecule has 6 rings (SSSR count). The van der Waals surface area contributed by atoms with Crippen molar-refractivity contribution >= 4 is 55.9 Å². The second kappa shape index (κ2) is 14.4. The number of ether oxygens (including phenoxy) is 1. The molecule has 1 atom stereocenters. The van der Waals surface area contributed by atoms with Crippen LogP contribution < -0.4 is 5.32 Å². The van der Waals surface area contributed by atoms with Crippen LogP contribution in [0.15, 0.2) is 47.1 Å². The predicted molar refractivity (Wildman–Crippen MR) is 180 cm³/mol. The maximum absolute atomic E-state index is 15.8. The lowest BCUT2D eigenvalue weighted by atomic mass is 9.87. The number of carboxylic acid groups (broad SMARTS) is 1. The normalized spacial score (nSPS) is 22.6. The van der Waals surface area contributed by atoms with Crippen LogP contribution >= 0.6 is 11.6 Å². The van der Waals surface area contributed by atoms with Crippen LogP contribution in [0.25, 0.3) is 11.0 Å². The number of nitrogens with zero attached hydrogens (tertiary/aromatic N) is 3. The maximum Gasteiger partial charge on any atom is 0.306 e. The molecule has 1 unspecified atom stereocenters. The number of piperazine rings is 1. The highest BCUT2D eigenvalue weighted by Gasteiger charge is 2.53. The molecule has 1 aromatic heterocycles. The van der Waals surface area contributed by atoms with E-state index in [1.54, 1.807) is 24.3 Å². The fourth-order valence-corrected chi connectivity index (χ4v) is 8.28. The Balaban J connectivity index is 1.28. The van der Waals surface area contributed by atoms with Crippen LogP contribution in [0.3, 0.4) is 0 Å². The van der Waals surface area contributed by atoms with Gasteiger partial charge in [0.2, 0.25) is 15.9 Å². The highest BCUT2D eigenvalue weighted by molar-refractivity contribution is 7.88. The first-order valence-electron chi connectivity index (χ1n) is 16.5. The van der Waals surface area contributed by atoms with Gasteiger partial charge in [0.25, 0.3) is 5.91 Å². The highest BCUT2D eigenvalue weighted by atomic mass is 35.5. The van der Waals surface area contributed by atoms with Crippen molar-refractivity contribution in [1.29, 1.82) is 0 Å². The fraction of sp³-hybridized carbons (Fsp3) is 0.500. The molecule has 3 aromatic rings. The zero-order valence-electron chi connectivity index (χ0n) is 27.2. The van der Waals surface area contributed by atoms with Gasteiger partial charge in [0.15, 0.2) is 5.78 Å². The number of likely N-dealkylation sites (tertiary alicyclic amines) is 1. The molecular formula is C34H40ClFN4O8S. The standard InChI is InChI=1S/C34H40ClFN4O8S/c1-49(45,46)40-16-14-39(15-17-40)34(38-12-4-5-13-38,48-24-10-8-22(9-11-24)33(43)44)31(41)19-23-18-27(35)29(20-28(23)36)37-32(42)26-21-47-30-7-3-2-6-25(26)30/h2-3,6-7,18,20-22,24H,4-5,8-17,19H2,1H3,(H,37,42)(H,43,44)/t22-,24-,34?. The van der Waals surface area contributed by atoms with Crippen LogP contribution in [-0.2, 0) is 30.8 Å². The molecule has 1 amide bonds. The number of fused-ring (bicyclic) bond motifs is 1. The molecule has 0 bridgehead atoms. The number of rotatable bonds is 11. The van der Waals surface area contributed by atoms with Crippen molar-refractivity contribution in [2.24, 2.45) is 5.92 Å². The number of sulfonamides is 1. The molecular weight excluding hydrogens is 679 g/mol. The van der Waals surface area contributed by atoms with E-state index in [0.717, 1.165) is 25.2 Å². The number of hydrogen-bond donors (Lipinski definition) is 2. The molecule has 1 saturated carbocycles. The van der Waals surface area contributed by atoms with Crippen LogP contribution in [-0.4, -0.2) is 103 Å². The van der Waals surface area contributed by atoms with E-state index in [9.17, 15) is 27.9 Å². The Labute approximate surface area is 289 Å². The van der Waals surface area contributed by atoms with Crippen molar-refractivity contribution in [1.82, 2.24) is 14.1 Å². The van der Waals surface area contributed by atoms with Crippen LogP contribution in [0.5, 0.6) is 0 Å². The van der Waals surface area contributed by atoms with Crippen molar-refractivity contribution in [3.05, 3.63) is 64.6 Å². The molecule has 2 aromatic carbocycles. The van der Waals surface area contributed by atoms with Crippen LogP contribution in [0, 0.1) is 11.7 Å². The molecule has 264 valence electrons. The molecule has 12 nitrogen and oxygen atoms in total. The maximum atomic E-state index is 15.8. The summed E-state index contributed by atoms with van der Waals surface area (Å²) in [6, 6.07) is 9.42. The van der Waals surface area contributed by atoms with Crippen LogP contribution in [0.2, 0.25) is 5.02 Å². The Kier molecular flexibility index (Phi) is 10.4. The third kappa shape index (κ3) is 7.40. The Hall–Kier alpha value is -3.40. The summed E-state index contributed by atoms with van der Waals surface area (Å²) in [5.74, 6) is -4.69. The number of nitrogens with one attached hydrogen (secondary N) is 1. The van der Waals surface area contributed by atoms with Gasteiger partial charge in [-0.3, -0.25) is 24.2 Å². The summed E-state index contributed by atoms with van der Waals surface area (Å²) in [5.41, 5.74) is 0.820. The summed E-state index contributed by atoms with van der Waals surface area (Å²) in [5, 5.41) is 12.8. The number of hydrogen-bond acceptors (Lipinski definition) is 9. The van der Waals surface area contributed by atoms with Crippen molar-refractivity contribution < 1.29 is 41.5 Å². The van der Waals surface area contributed by atoms with Gasteiger partial charge in [0.1, 0.15) is 17.7 Å². The SMILES string of the molecule is CS(=O)(=O)N1CCN(C(O[C@H]2CC[C@H](C(=O)O)CC2)(C(=O)Cc2cc(Cl)c(NC(=O)c3coc4ccccc34)cc2F)N2CCCC2)CC1. The van der Waals surface area contributed by atoms with Gasteiger partial charge in [0, 0.05) is 51.1 Å². The van der Waals surface area contributed by atoms with E-state index in [-0.39, 0.29) is 54.4 Å². The molecule has 3 aliphatic rings. The zero-order chi connectivity index (χ0) is 34.9. The fourth-order valence-electron chi connectivity index (χ4n) is 7.22. The number of ketones is 1. The Morgan fingerprint density at radius 3 is 2.33 bits per heavy atom. The number of carbonyl (C=O) groups is 3. The summed E-state index contributed by atoms with van der Waals surface area (Å²) >= 11 is 6.57. The highest BCUT2D eigenvalue weighted by Crippen LogP contribution is 2.37. The predicted octanol–water partition coefficient (Wildman–Crippen LogP) is 4.58. The van der Waals surface area contributed by atoms with Crippen molar-refractivity contribution in [2.45, 2.75) is 56.9 Å². The summed E-state index contributed by atoms with van der Waals surface area (Å²) in [7, 11) is -3.46. The van der Waals surface area contributed by atoms with Gasteiger partial charge in [-0.15, -0.1) is 0 Å². The summed E-state index contributed by atoms with van der Waals surface area (Å²) < 4.78 is 54.1. The number of amides is 1. The number of anilines is 1. The van der Waals surface area contributed by atoms with Gasteiger partial charge in [-0.05, 0) is 62.3 Å². The van der Waals surface area contributed by atoms with E-state index in [0.29, 0.717) is 49.7 Å². The van der Waals surface area contributed by atoms with E-state index in [4.69, 9.17) is 20.8 Å². The molecule has 3 fully saturated rings. The van der Waals surface area contributed by atoms with Crippen molar-refractivity contribution in [3.8, 4) is 0 Å². The minimum Gasteiger partial charge on any atom is -0.481 e. The largest absolute Gasteiger partial charge is 0.481 e. The number of furan rings is 1. The minimum atomic E-state index is -3.46. The van der Waals surface area contributed by atoms with Crippen molar-refractivity contribution in [2.75, 3.05) is 50.8 Å². The number of benzene rings is 2. The first-order valence-corrected chi connectivity index (χ1v) is 18.7. The van der Waals surface area contributed by atoms with Crippen LogP contribution in [0.1, 0.15) is 54.4 Å². The van der Waals surface area contributed by atoms with Gasteiger partial charge < -0.3 is 19.6 Å². The van der Waals surface area contributed by atoms with E-state index in [2.05, 4.69) is 5.32 Å². The summed E-state index contributed by atoms with van der Waals surface area (Å²) in [6.45, 7) is 1.79. The molecule has 49 heavy (non-hydrogen) atoms. The Bertz CT molecular complexity index is 1830. The number of para-hydroxylation sites is 1. The minimum absolute atomic E-state index is 0.0123. The first kappa shape index (κ1) is 35.4. The van der Waals surface area contributed by atoms with Gasteiger partial charge >= 0.3 is 5.97 Å². The lowest BCUT2D eigenvalue weighted by Gasteiger charge is -2.51. The van der Waals surface area contributed by atoms with Gasteiger partial charge in [-0.25, -0.2) is 12.8 Å². The average Bonchev–Trinajstić information content (AvgIpc) is 3.77. The number of carboxylic acids is 1. The van der Waals surface area contributed by atoms with Crippen LogP contribution in [0.4, 0.5) is 10.1 Å². The van der Waals surface area contributed by atoms with Gasteiger partial charge in [-0.1, -0.05) is 29.8 Å². The number of Topliss-reactive ketones (excluding diaryl/α,β-unsaturated/α-hetero) is 1. The first-order chi connectivity index (χ1) is 23.4. The molecule has 0 spiro atoms. The molecule has 2 N–H and O–H groups in total. The molecule has 15 heteroatoms. The molecule has 2 aliphatic heterocycles. The van der Waals surface area contributed by atoms with Gasteiger partial charge in [0.05, 0.1) is 34.6 Å². The summed E-state index contributed by atoms with van der Waals surface area (Å²) in [4.78, 5) is 43.3. The molecule has 0 radical (unpaired) electrons. The van der Waals surface area contributed by atoms with E-state index >= 15 is 4.39 Å². The second-order valence-electron chi connectivity index (χ2n) is 13.0. The van der Waals surface area contributed by atoms with Crippen molar-refractivity contribution in [3.63, 3.8) is 0 Å². The zero-order valence-corrected chi connectivity index (χ0v) is 28.8. The van der Waals surface area contributed by atoms with E-state index in [1.807, 2.05) is 9.80 Å². The molecule has 1 aliphatic carbocycles. The third-order valence-corrected chi connectivity index (χ3v) is 11.5. The smallest absolute Gasteiger partial charge is 0.306 e. The lowest BCUT2D eigenvalue weighted by Crippen LogP contribution is -2.71. The Morgan fingerprint density at radius 1 is 1.02 bits per heavy atom. The van der Waals surface area contributed by atoms with E-state index in [1.165, 1.54) is 16.6 Å². The second-order valence-corrected chi connectivity index (χ2v) is 15.4. The number of halogens is 2. The third-order valence-electron chi connectivity index (χ3n) is 9.85. The number of aliphatic carboxylic acids is 1. The average molecular weight is 719 g/mol. The Morgan fingerprint density at radius 2 is 1.67 bits per heavy atom. The van der Waals surface area contributed by atoms with E-state index < -0.39 is 51.4 Å². The van der Waals surface area contributed by atoms with Gasteiger partial charge in [-0.2, -0.15) is 4.31 Å². The topological polar surface area (TPSA) is 150 Å². The number of carbonyl (C=O) groups excluding carboxylic acids is 2. The monoisotopic (exact) mass is 718 g/mol. The lowest BCUT2D eigenvalue weighted by molar-refractivity contribution is -0.259. The summed E-state index contributed by atoms with van der Waals surface area (Å²) in [6.07, 6.45) is 4.94.